The van der Waals surface area contributed by atoms with E-state index in [9.17, 15) is 0 Å². The van der Waals surface area contributed by atoms with E-state index in [1.165, 1.54) is 32.1 Å². The van der Waals surface area contributed by atoms with E-state index in [0.29, 0.717) is 0 Å². The first-order valence-electron chi connectivity index (χ1n) is 6.10. The van der Waals surface area contributed by atoms with E-state index >= 15 is 0 Å². The summed E-state index contributed by atoms with van der Waals surface area (Å²) >= 11 is 3.41. The minimum absolute atomic E-state index is 0.131. The van der Waals surface area contributed by atoms with Gasteiger partial charge in [0.25, 0.3) is 0 Å². The molecule has 1 heterocycles. The van der Waals surface area contributed by atoms with E-state index in [1.54, 1.807) is 6.20 Å². The lowest BCUT2D eigenvalue weighted by Gasteiger charge is -2.11. The summed E-state index contributed by atoms with van der Waals surface area (Å²) in [7, 11) is 0. The zero-order chi connectivity index (χ0) is 11.8. The van der Waals surface area contributed by atoms with E-state index in [4.69, 9.17) is 5.73 Å². The van der Waals surface area contributed by atoms with Gasteiger partial charge in [-0.2, -0.15) is 0 Å². The average molecular weight is 285 g/mol. The topological polar surface area (TPSA) is 38.9 Å². The smallest absolute Gasteiger partial charge is 0.0410 e. The molecule has 0 saturated carbocycles. The summed E-state index contributed by atoms with van der Waals surface area (Å²) in [4.78, 5) is 4.14. The summed E-state index contributed by atoms with van der Waals surface area (Å²) < 4.78 is 1.01. The van der Waals surface area contributed by atoms with Crippen molar-refractivity contribution in [2.24, 2.45) is 5.73 Å². The zero-order valence-electron chi connectivity index (χ0n) is 9.95. The monoisotopic (exact) mass is 284 g/mol. The molecule has 0 spiro atoms. The van der Waals surface area contributed by atoms with Crippen LogP contribution in [0.4, 0.5) is 0 Å². The van der Waals surface area contributed by atoms with E-state index in [0.717, 1.165) is 16.5 Å². The molecular weight excluding hydrogens is 264 g/mol. The van der Waals surface area contributed by atoms with Crippen LogP contribution in [-0.2, 0) is 0 Å². The maximum absolute atomic E-state index is 6.12. The molecule has 0 aliphatic rings. The molecular formula is C13H21BrN2. The number of rotatable bonds is 7. The molecule has 0 saturated heterocycles. The van der Waals surface area contributed by atoms with Crippen molar-refractivity contribution in [3.63, 3.8) is 0 Å². The minimum atomic E-state index is 0.131. The molecule has 1 unspecified atom stereocenters. The average Bonchev–Trinajstić information content (AvgIpc) is 2.28. The van der Waals surface area contributed by atoms with Gasteiger partial charge < -0.3 is 5.73 Å². The Kier molecular flexibility index (Phi) is 6.65. The predicted molar refractivity (Wildman–Crippen MR) is 72.2 cm³/mol. The molecule has 1 aromatic rings. The fourth-order valence-corrected chi connectivity index (χ4v) is 2.15. The molecule has 1 atom stereocenters. The Bertz CT molecular complexity index is 302. The molecule has 0 aliphatic heterocycles. The minimum Gasteiger partial charge on any atom is -0.324 e. The maximum Gasteiger partial charge on any atom is 0.0410 e. The second-order valence-electron chi connectivity index (χ2n) is 4.25. The quantitative estimate of drug-likeness (QED) is 0.762. The molecule has 16 heavy (non-hydrogen) atoms. The number of nitrogens with two attached hydrogens (primary N) is 1. The van der Waals surface area contributed by atoms with Gasteiger partial charge in [0, 0.05) is 22.9 Å². The molecule has 0 fully saturated rings. The molecule has 90 valence electrons. The number of halogens is 1. The Morgan fingerprint density at radius 3 is 2.69 bits per heavy atom. The van der Waals surface area contributed by atoms with E-state index < -0.39 is 0 Å². The van der Waals surface area contributed by atoms with Crippen LogP contribution in [-0.4, -0.2) is 4.98 Å². The standard InChI is InChI=1S/C13H21BrN2/c1-2-3-4-5-6-7-13(15)11-8-12(14)10-16-9-11/h8-10,13H,2-7,15H2,1H3. The highest BCUT2D eigenvalue weighted by Gasteiger charge is 2.06. The zero-order valence-corrected chi connectivity index (χ0v) is 11.5. The summed E-state index contributed by atoms with van der Waals surface area (Å²) in [5, 5.41) is 0. The lowest BCUT2D eigenvalue weighted by atomic mass is 10.0. The third kappa shape index (κ3) is 5.08. The van der Waals surface area contributed by atoms with Crippen LogP contribution < -0.4 is 5.73 Å². The Hall–Kier alpha value is -0.410. The lowest BCUT2D eigenvalue weighted by molar-refractivity contribution is 0.554. The van der Waals surface area contributed by atoms with E-state index in [1.807, 2.05) is 6.20 Å². The molecule has 1 rings (SSSR count). The Morgan fingerprint density at radius 1 is 1.25 bits per heavy atom. The number of nitrogens with zero attached hydrogens (tertiary/aromatic N) is 1. The van der Waals surface area contributed by atoms with Crippen LogP contribution in [0.15, 0.2) is 22.9 Å². The first-order chi connectivity index (χ1) is 7.74. The molecule has 0 radical (unpaired) electrons. The second-order valence-corrected chi connectivity index (χ2v) is 5.16. The maximum atomic E-state index is 6.12. The van der Waals surface area contributed by atoms with Crippen molar-refractivity contribution in [1.82, 2.24) is 4.98 Å². The predicted octanol–water partition coefficient (Wildman–Crippen LogP) is 4.20. The number of pyridine rings is 1. The highest BCUT2D eigenvalue weighted by Crippen LogP contribution is 2.20. The van der Waals surface area contributed by atoms with Gasteiger partial charge in [-0.05, 0) is 34.0 Å². The Balaban J connectivity index is 2.27. The Labute approximate surface area is 107 Å². The molecule has 0 amide bonds. The third-order valence-electron chi connectivity index (χ3n) is 2.77. The Morgan fingerprint density at radius 2 is 2.00 bits per heavy atom. The van der Waals surface area contributed by atoms with Gasteiger partial charge in [0.2, 0.25) is 0 Å². The van der Waals surface area contributed by atoms with Crippen molar-refractivity contribution < 1.29 is 0 Å². The van der Waals surface area contributed by atoms with Gasteiger partial charge in [0.05, 0.1) is 0 Å². The van der Waals surface area contributed by atoms with Gasteiger partial charge in [0.1, 0.15) is 0 Å². The first kappa shape index (κ1) is 13.7. The third-order valence-corrected chi connectivity index (χ3v) is 3.21. The molecule has 2 nitrogen and oxygen atoms in total. The van der Waals surface area contributed by atoms with Crippen molar-refractivity contribution in [3.05, 3.63) is 28.5 Å². The summed E-state index contributed by atoms with van der Waals surface area (Å²) in [5.74, 6) is 0. The molecule has 0 aliphatic carbocycles. The number of unbranched alkanes of at least 4 members (excludes halogenated alkanes) is 4. The molecule has 0 bridgehead atoms. The SMILES string of the molecule is CCCCCCCC(N)c1cncc(Br)c1. The fourth-order valence-electron chi connectivity index (χ4n) is 1.77. The fraction of sp³-hybridized carbons (Fsp3) is 0.615. The van der Waals surface area contributed by atoms with Gasteiger partial charge in [-0.15, -0.1) is 0 Å². The lowest BCUT2D eigenvalue weighted by Crippen LogP contribution is -2.10. The molecule has 2 N–H and O–H groups in total. The van der Waals surface area contributed by atoms with Crippen molar-refractivity contribution >= 4 is 15.9 Å². The summed E-state index contributed by atoms with van der Waals surface area (Å²) in [6, 6.07) is 2.19. The highest BCUT2D eigenvalue weighted by atomic mass is 79.9. The van der Waals surface area contributed by atoms with Crippen LogP contribution in [0.2, 0.25) is 0 Å². The molecule has 1 aromatic heterocycles. The van der Waals surface area contributed by atoms with Crippen molar-refractivity contribution in [2.45, 2.75) is 51.5 Å². The van der Waals surface area contributed by atoms with Gasteiger partial charge in [0.15, 0.2) is 0 Å². The van der Waals surface area contributed by atoms with Crippen LogP contribution in [0.1, 0.15) is 57.1 Å². The van der Waals surface area contributed by atoms with Crippen LogP contribution in [0.5, 0.6) is 0 Å². The van der Waals surface area contributed by atoms with Crippen LogP contribution in [0.3, 0.4) is 0 Å². The van der Waals surface area contributed by atoms with Gasteiger partial charge in [-0.25, -0.2) is 0 Å². The van der Waals surface area contributed by atoms with Crippen LogP contribution in [0.25, 0.3) is 0 Å². The highest BCUT2D eigenvalue weighted by molar-refractivity contribution is 9.10. The summed E-state index contributed by atoms with van der Waals surface area (Å²) in [6.45, 7) is 2.24. The number of hydrogen-bond donors (Lipinski definition) is 1. The summed E-state index contributed by atoms with van der Waals surface area (Å²) in [5.41, 5.74) is 7.25. The number of hydrogen-bond acceptors (Lipinski definition) is 2. The second kappa shape index (κ2) is 7.80. The van der Waals surface area contributed by atoms with Crippen LogP contribution >= 0.6 is 15.9 Å². The van der Waals surface area contributed by atoms with E-state index in [-0.39, 0.29) is 6.04 Å². The molecule has 3 heteroatoms. The van der Waals surface area contributed by atoms with Crippen molar-refractivity contribution in [1.29, 1.82) is 0 Å². The summed E-state index contributed by atoms with van der Waals surface area (Å²) in [6.07, 6.45) is 11.2. The van der Waals surface area contributed by atoms with Crippen molar-refractivity contribution in [2.75, 3.05) is 0 Å². The number of aromatic nitrogens is 1. The largest absolute Gasteiger partial charge is 0.324 e. The van der Waals surface area contributed by atoms with Gasteiger partial charge >= 0.3 is 0 Å². The van der Waals surface area contributed by atoms with Gasteiger partial charge in [-0.3, -0.25) is 4.98 Å². The van der Waals surface area contributed by atoms with E-state index in [2.05, 4.69) is 33.9 Å². The molecule has 0 aromatic carbocycles. The van der Waals surface area contributed by atoms with Crippen LogP contribution in [0, 0.1) is 0 Å². The van der Waals surface area contributed by atoms with Crippen molar-refractivity contribution in [3.8, 4) is 0 Å². The first-order valence-corrected chi connectivity index (χ1v) is 6.89. The van der Waals surface area contributed by atoms with Gasteiger partial charge in [-0.1, -0.05) is 39.0 Å². The normalized spacial score (nSPS) is 12.7.